The van der Waals surface area contributed by atoms with Crippen LogP contribution in [0.25, 0.3) is 5.57 Å². The van der Waals surface area contributed by atoms with Gasteiger partial charge < -0.3 is 0 Å². The predicted molar refractivity (Wildman–Crippen MR) is 62.3 cm³/mol. The fourth-order valence-electron chi connectivity index (χ4n) is 1.43. The van der Waals surface area contributed by atoms with Crippen LogP contribution in [0.1, 0.15) is 51.3 Å². The van der Waals surface area contributed by atoms with Crippen molar-refractivity contribution < 1.29 is 0 Å². The molecule has 1 aromatic rings. The van der Waals surface area contributed by atoms with Crippen molar-refractivity contribution in [3.05, 3.63) is 35.7 Å². The van der Waals surface area contributed by atoms with Crippen molar-refractivity contribution in [2.75, 3.05) is 0 Å². The fourth-order valence-corrected chi connectivity index (χ4v) is 1.43. The van der Waals surface area contributed by atoms with Crippen LogP contribution in [0.5, 0.6) is 0 Å². The fraction of sp³-hybridized carbons (Fsp3) is 0.462. The molecule has 0 spiro atoms. The molecule has 0 bridgehead atoms. The highest BCUT2D eigenvalue weighted by Gasteiger charge is 2.01. The van der Waals surface area contributed by atoms with Crippen molar-refractivity contribution in [3.8, 4) is 0 Å². The van der Waals surface area contributed by atoms with E-state index in [1.54, 1.807) is 0 Å². The van der Waals surface area contributed by atoms with E-state index in [4.69, 9.17) is 0 Å². The van der Waals surface area contributed by atoms with Gasteiger partial charge in [-0.15, -0.1) is 0 Å². The highest BCUT2D eigenvalue weighted by atomic mass is 14.7. The van der Waals surface area contributed by atoms with Crippen LogP contribution in [0.3, 0.4) is 0 Å². The highest BCUT2D eigenvalue weighted by Crippen LogP contribution is 2.18. The molecule has 0 radical (unpaired) electrons. The largest absolute Gasteiger partial charge is 0.257 e. The van der Waals surface area contributed by atoms with Gasteiger partial charge in [0.25, 0.3) is 0 Å². The molecule has 76 valence electrons. The number of nitrogens with zero attached hydrogens (tertiary/aromatic N) is 1. The molecule has 1 aromatic heterocycles. The van der Waals surface area contributed by atoms with Crippen LogP contribution < -0.4 is 0 Å². The molecule has 0 aliphatic heterocycles. The lowest BCUT2D eigenvalue weighted by Crippen LogP contribution is -1.92. The second-order valence-electron chi connectivity index (χ2n) is 3.92. The lowest BCUT2D eigenvalue weighted by Gasteiger charge is -2.07. The summed E-state index contributed by atoms with van der Waals surface area (Å²) in [6.45, 7) is 8.68. The summed E-state index contributed by atoms with van der Waals surface area (Å²) in [6.07, 6.45) is 5.18. The van der Waals surface area contributed by atoms with E-state index < -0.39 is 0 Å². The second kappa shape index (κ2) is 4.94. The molecule has 1 rings (SSSR count). The number of rotatable bonds is 3. The van der Waals surface area contributed by atoms with Gasteiger partial charge in [0.15, 0.2) is 0 Å². The summed E-state index contributed by atoms with van der Waals surface area (Å²) in [6, 6.07) is 4.28. The lowest BCUT2D eigenvalue weighted by atomic mass is 10.0. The minimum Gasteiger partial charge on any atom is -0.257 e. The first-order valence-corrected chi connectivity index (χ1v) is 5.28. The smallest absolute Gasteiger partial charge is 0.0658 e. The normalized spacial score (nSPS) is 12.2. The Morgan fingerprint density at radius 2 is 2.21 bits per heavy atom. The topological polar surface area (TPSA) is 12.9 Å². The van der Waals surface area contributed by atoms with Gasteiger partial charge in [0.05, 0.1) is 5.69 Å². The molecule has 1 nitrogen and oxygen atoms in total. The summed E-state index contributed by atoms with van der Waals surface area (Å²) in [7, 11) is 0. The minimum absolute atomic E-state index is 0.575. The van der Waals surface area contributed by atoms with Crippen molar-refractivity contribution in [2.45, 2.75) is 40.0 Å². The molecule has 0 aromatic carbocycles. The van der Waals surface area contributed by atoms with Crippen molar-refractivity contribution in [1.82, 2.24) is 4.98 Å². The van der Waals surface area contributed by atoms with Gasteiger partial charge in [0, 0.05) is 6.20 Å². The maximum atomic E-state index is 4.37. The van der Waals surface area contributed by atoms with Gasteiger partial charge in [0.2, 0.25) is 0 Å². The van der Waals surface area contributed by atoms with Gasteiger partial charge in [-0.3, -0.25) is 4.98 Å². The molecule has 0 aliphatic rings. The van der Waals surface area contributed by atoms with E-state index in [0.29, 0.717) is 5.92 Å². The third-order valence-electron chi connectivity index (χ3n) is 2.36. The Morgan fingerprint density at radius 1 is 1.50 bits per heavy atom. The van der Waals surface area contributed by atoms with Crippen molar-refractivity contribution in [1.29, 1.82) is 0 Å². The Labute approximate surface area is 86.9 Å². The highest BCUT2D eigenvalue weighted by molar-refractivity contribution is 5.60. The van der Waals surface area contributed by atoms with E-state index in [2.05, 4.69) is 50.9 Å². The van der Waals surface area contributed by atoms with E-state index in [-0.39, 0.29) is 0 Å². The van der Waals surface area contributed by atoms with Crippen LogP contribution >= 0.6 is 0 Å². The molecule has 0 saturated carbocycles. The van der Waals surface area contributed by atoms with Crippen LogP contribution in [0.2, 0.25) is 0 Å². The van der Waals surface area contributed by atoms with Gasteiger partial charge in [-0.1, -0.05) is 26.8 Å². The maximum Gasteiger partial charge on any atom is 0.0658 e. The molecule has 0 unspecified atom stereocenters. The van der Waals surface area contributed by atoms with E-state index >= 15 is 0 Å². The first-order chi connectivity index (χ1) is 6.65. The summed E-state index contributed by atoms with van der Waals surface area (Å²) in [5.41, 5.74) is 3.74. The Kier molecular flexibility index (Phi) is 3.87. The van der Waals surface area contributed by atoms with Gasteiger partial charge in [-0.05, 0) is 42.5 Å². The lowest BCUT2D eigenvalue weighted by molar-refractivity contribution is 0.861. The summed E-state index contributed by atoms with van der Waals surface area (Å²) >= 11 is 0. The van der Waals surface area contributed by atoms with E-state index in [1.165, 1.54) is 11.1 Å². The zero-order valence-electron chi connectivity index (χ0n) is 9.54. The molecule has 0 aliphatic carbocycles. The average Bonchev–Trinajstić information content (AvgIpc) is 2.18. The van der Waals surface area contributed by atoms with Crippen molar-refractivity contribution in [2.24, 2.45) is 0 Å². The molecule has 1 heteroatoms. The first kappa shape index (κ1) is 11.0. The molecule has 0 saturated heterocycles. The molecule has 0 amide bonds. The number of pyridine rings is 1. The van der Waals surface area contributed by atoms with Gasteiger partial charge in [0.1, 0.15) is 0 Å². The Balaban J connectivity index is 2.99. The minimum atomic E-state index is 0.575. The van der Waals surface area contributed by atoms with Crippen LogP contribution in [0.4, 0.5) is 0 Å². The third-order valence-corrected chi connectivity index (χ3v) is 2.36. The zero-order valence-corrected chi connectivity index (χ0v) is 9.54. The van der Waals surface area contributed by atoms with E-state index in [9.17, 15) is 0 Å². The molecule has 1 heterocycles. The maximum absolute atomic E-state index is 4.37. The summed E-state index contributed by atoms with van der Waals surface area (Å²) < 4.78 is 0. The van der Waals surface area contributed by atoms with Gasteiger partial charge >= 0.3 is 0 Å². The number of hydrogen-bond acceptors (Lipinski definition) is 1. The third kappa shape index (κ3) is 2.69. The van der Waals surface area contributed by atoms with Gasteiger partial charge in [-0.25, -0.2) is 0 Å². The van der Waals surface area contributed by atoms with E-state index in [0.717, 1.165) is 12.1 Å². The quantitative estimate of drug-likeness (QED) is 0.700. The predicted octanol–water partition coefficient (Wildman–Crippen LogP) is 4.02. The van der Waals surface area contributed by atoms with Crippen LogP contribution in [0, 0.1) is 0 Å². The monoisotopic (exact) mass is 189 g/mol. The van der Waals surface area contributed by atoms with Crippen molar-refractivity contribution >= 4 is 5.57 Å². The zero-order chi connectivity index (χ0) is 10.6. The van der Waals surface area contributed by atoms with Crippen LogP contribution in [-0.2, 0) is 0 Å². The number of hydrogen-bond donors (Lipinski definition) is 0. The molecule has 0 fully saturated rings. The second-order valence-corrected chi connectivity index (χ2v) is 3.92. The van der Waals surface area contributed by atoms with Crippen molar-refractivity contribution in [3.63, 3.8) is 0 Å². The number of allylic oxidation sites excluding steroid dienone is 2. The van der Waals surface area contributed by atoms with Crippen LogP contribution in [0.15, 0.2) is 24.4 Å². The summed E-state index contributed by atoms with van der Waals surface area (Å²) in [4.78, 5) is 4.37. The molecule has 0 atom stereocenters. The first-order valence-electron chi connectivity index (χ1n) is 5.28. The molecule has 14 heavy (non-hydrogen) atoms. The standard InChI is InChI=1S/C13H19N/c1-5-6-11(4)13-9-12(10(2)3)7-8-14-13/h6-10H,5H2,1-4H3/b11-6+. The molecular formula is C13H19N. The summed E-state index contributed by atoms with van der Waals surface area (Å²) in [5.74, 6) is 0.575. The Hall–Kier alpha value is -1.11. The van der Waals surface area contributed by atoms with Gasteiger partial charge in [-0.2, -0.15) is 0 Å². The van der Waals surface area contributed by atoms with Crippen LogP contribution in [-0.4, -0.2) is 4.98 Å². The SMILES string of the molecule is CC/C=C(\C)c1cc(C(C)C)ccn1. The Bertz CT molecular complexity index is 324. The average molecular weight is 189 g/mol. The molecular weight excluding hydrogens is 170 g/mol. The number of aromatic nitrogens is 1. The van der Waals surface area contributed by atoms with E-state index in [1.807, 2.05) is 6.20 Å². The summed E-state index contributed by atoms with van der Waals surface area (Å²) in [5, 5.41) is 0. The molecule has 0 N–H and O–H groups in total. The Morgan fingerprint density at radius 3 is 2.79 bits per heavy atom.